The SMILES string of the molecule is C=C1CC23CCC4C(C)(C(=O)OC)CCCC4(C)C2=CC(O)C1C3. The first-order valence-corrected chi connectivity index (χ1v) is 9.44. The van der Waals surface area contributed by atoms with Crippen LogP contribution in [0.25, 0.3) is 0 Å². The largest absolute Gasteiger partial charge is 0.469 e. The molecule has 0 amide bonds. The van der Waals surface area contributed by atoms with Gasteiger partial charge in [-0.3, -0.25) is 4.79 Å². The third-order valence-corrected chi connectivity index (χ3v) is 8.13. The van der Waals surface area contributed by atoms with Gasteiger partial charge in [0.2, 0.25) is 0 Å². The molecule has 24 heavy (non-hydrogen) atoms. The lowest BCUT2D eigenvalue weighted by Crippen LogP contribution is -2.55. The van der Waals surface area contributed by atoms with Gasteiger partial charge in [0.15, 0.2) is 0 Å². The molecule has 3 saturated carbocycles. The molecule has 4 aliphatic rings. The number of rotatable bonds is 1. The van der Waals surface area contributed by atoms with E-state index in [0.717, 1.165) is 44.9 Å². The van der Waals surface area contributed by atoms with Gasteiger partial charge in [0.05, 0.1) is 18.6 Å². The van der Waals surface area contributed by atoms with Crippen molar-refractivity contribution >= 4 is 5.97 Å². The molecule has 0 aromatic carbocycles. The molecule has 2 bridgehead atoms. The van der Waals surface area contributed by atoms with Crippen LogP contribution in [0.2, 0.25) is 0 Å². The van der Waals surface area contributed by atoms with Gasteiger partial charge in [-0.05, 0) is 62.2 Å². The molecule has 4 rings (SSSR count). The summed E-state index contributed by atoms with van der Waals surface area (Å²) in [6, 6.07) is 0. The van der Waals surface area contributed by atoms with Crippen molar-refractivity contribution in [2.24, 2.45) is 28.1 Å². The molecule has 3 nitrogen and oxygen atoms in total. The molecule has 6 unspecified atom stereocenters. The molecule has 0 saturated heterocycles. The molecule has 0 aliphatic heterocycles. The lowest BCUT2D eigenvalue weighted by atomic mass is 9.44. The van der Waals surface area contributed by atoms with Crippen molar-refractivity contribution in [3.05, 3.63) is 23.8 Å². The predicted molar refractivity (Wildman–Crippen MR) is 93.2 cm³/mol. The highest BCUT2D eigenvalue weighted by atomic mass is 16.5. The van der Waals surface area contributed by atoms with E-state index < -0.39 is 11.5 Å². The molecular weight excluding hydrogens is 300 g/mol. The standard InChI is InChI=1S/C21H30O3/c1-13-11-21-9-6-16-19(2,17(21)10-15(22)14(13)12-21)7-5-8-20(16,3)18(23)24-4/h10,14-16,22H,1,5-9,11-12H2,2-4H3. The van der Waals surface area contributed by atoms with Crippen LogP contribution in [-0.4, -0.2) is 24.3 Å². The number of allylic oxidation sites excluding steroid dienone is 1. The number of aliphatic hydroxyl groups is 1. The summed E-state index contributed by atoms with van der Waals surface area (Å²) in [5.41, 5.74) is 2.45. The van der Waals surface area contributed by atoms with E-state index in [9.17, 15) is 9.90 Å². The second kappa shape index (κ2) is 4.97. The Morgan fingerprint density at radius 3 is 2.79 bits per heavy atom. The lowest BCUT2D eigenvalue weighted by Gasteiger charge is -2.60. The Morgan fingerprint density at radius 2 is 2.08 bits per heavy atom. The fourth-order valence-corrected chi connectivity index (χ4v) is 7.09. The van der Waals surface area contributed by atoms with Gasteiger partial charge in [0.25, 0.3) is 0 Å². The van der Waals surface area contributed by atoms with Crippen molar-refractivity contribution in [2.45, 2.75) is 64.9 Å². The molecule has 1 spiro atoms. The van der Waals surface area contributed by atoms with E-state index in [1.54, 1.807) is 0 Å². The Hall–Kier alpha value is -1.09. The Kier molecular flexibility index (Phi) is 3.39. The summed E-state index contributed by atoms with van der Waals surface area (Å²) in [4.78, 5) is 12.6. The molecule has 0 radical (unpaired) electrons. The first-order valence-electron chi connectivity index (χ1n) is 9.44. The molecule has 0 heterocycles. The minimum atomic E-state index is -0.401. The zero-order valence-electron chi connectivity index (χ0n) is 15.2. The summed E-state index contributed by atoms with van der Waals surface area (Å²) in [6.07, 6.45) is 9.11. The lowest BCUT2D eigenvalue weighted by molar-refractivity contribution is -0.165. The van der Waals surface area contributed by atoms with E-state index in [1.807, 2.05) is 0 Å². The fourth-order valence-electron chi connectivity index (χ4n) is 7.09. The minimum absolute atomic E-state index is 0.00396. The maximum absolute atomic E-state index is 12.6. The van der Waals surface area contributed by atoms with E-state index in [-0.39, 0.29) is 22.7 Å². The van der Waals surface area contributed by atoms with Gasteiger partial charge in [-0.2, -0.15) is 0 Å². The van der Waals surface area contributed by atoms with Crippen LogP contribution in [0.1, 0.15) is 58.8 Å². The van der Waals surface area contributed by atoms with E-state index in [4.69, 9.17) is 4.74 Å². The highest BCUT2D eigenvalue weighted by molar-refractivity contribution is 5.77. The van der Waals surface area contributed by atoms with Crippen molar-refractivity contribution in [3.8, 4) is 0 Å². The smallest absolute Gasteiger partial charge is 0.311 e. The number of hydrogen-bond acceptors (Lipinski definition) is 3. The summed E-state index contributed by atoms with van der Waals surface area (Å²) in [7, 11) is 1.51. The average molecular weight is 330 g/mol. The summed E-state index contributed by atoms with van der Waals surface area (Å²) in [5.74, 6) is 0.491. The van der Waals surface area contributed by atoms with Gasteiger partial charge in [0.1, 0.15) is 0 Å². The molecular formula is C21H30O3. The number of aliphatic hydroxyl groups excluding tert-OH is 1. The van der Waals surface area contributed by atoms with Gasteiger partial charge in [-0.25, -0.2) is 0 Å². The van der Waals surface area contributed by atoms with Gasteiger partial charge in [-0.1, -0.05) is 37.1 Å². The number of hydrogen-bond donors (Lipinski definition) is 1. The quantitative estimate of drug-likeness (QED) is 0.583. The third kappa shape index (κ3) is 1.85. The van der Waals surface area contributed by atoms with Crippen LogP contribution in [0.3, 0.4) is 0 Å². The Bertz CT molecular complexity index is 635. The molecule has 132 valence electrons. The van der Waals surface area contributed by atoms with E-state index in [1.165, 1.54) is 18.3 Å². The van der Waals surface area contributed by atoms with Crippen LogP contribution in [0, 0.1) is 28.1 Å². The number of carbonyl (C=O) groups is 1. The van der Waals surface area contributed by atoms with E-state index in [0.29, 0.717) is 5.92 Å². The summed E-state index contributed by atoms with van der Waals surface area (Å²) in [6.45, 7) is 8.71. The van der Waals surface area contributed by atoms with Crippen molar-refractivity contribution < 1.29 is 14.6 Å². The van der Waals surface area contributed by atoms with Gasteiger partial charge < -0.3 is 9.84 Å². The topological polar surface area (TPSA) is 46.5 Å². The van der Waals surface area contributed by atoms with Crippen LogP contribution < -0.4 is 0 Å². The molecule has 1 N–H and O–H groups in total. The number of fused-ring (bicyclic) bond motifs is 3. The first kappa shape index (κ1) is 16.4. The van der Waals surface area contributed by atoms with E-state index in [2.05, 4.69) is 26.5 Å². The van der Waals surface area contributed by atoms with Crippen molar-refractivity contribution in [1.29, 1.82) is 0 Å². The molecule has 3 heteroatoms. The van der Waals surface area contributed by atoms with Gasteiger partial charge >= 0.3 is 5.97 Å². The maximum atomic E-state index is 12.6. The van der Waals surface area contributed by atoms with E-state index >= 15 is 0 Å². The molecule has 0 aromatic heterocycles. The van der Waals surface area contributed by atoms with Crippen LogP contribution in [0.15, 0.2) is 23.8 Å². The molecule has 4 aliphatic carbocycles. The van der Waals surface area contributed by atoms with Crippen molar-refractivity contribution in [1.82, 2.24) is 0 Å². The summed E-state index contributed by atoms with van der Waals surface area (Å²) < 4.78 is 5.20. The van der Waals surface area contributed by atoms with Crippen LogP contribution in [-0.2, 0) is 9.53 Å². The van der Waals surface area contributed by atoms with Crippen molar-refractivity contribution in [3.63, 3.8) is 0 Å². The molecule has 0 aromatic rings. The third-order valence-electron chi connectivity index (χ3n) is 8.13. The number of ether oxygens (including phenoxy) is 1. The summed E-state index contributed by atoms with van der Waals surface area (Å²) >= 11 is 0. The Morgan fingerprint density at radius 1 is 1.33 bits per heavy atom. The normalized spacial score (nSPS) is 49.9. The zero-order chi connectivity index (χ0) is 17.3. The Balaban J connectivity index is 1.80. The van der Waals surface area contributed by atoms with Crippen molar-refractivity contribution in [2.75, 3.05) is 7.11 Å². The highest BCUT2D eigenvalue weighted by Crippen LogP contribution is 2.70. The number of carbonyl (C=O) groups excluding carboxylic acids is 1. The van der Waals surface area contributed by atoms with Crippen LogP contribution in [0.4, 0.5) is 0 Å². The second-order valence-electron chi connectivity index (χ2n) is 9.27. The van der Waals surface area contributed by atoms with Crippen LogP contribution in [0.5, 0.6) is 0 Å². The number of esters is 1. The average Bonchev–Trinajstić information content (AvgIpc) is 2.82. The minimum Gasteiger partial charge on any atom is -0.469 e. The maximum Gasteiger partial charge on any atom is 0.311 e. The molecule has 3 fully saturated rings. The molecule has 6 atom stereocenters. The van der Waals surface area contributed by atoms with Crippen LogP contribution >= 0.6 is 0 Å². The predicted octanol–water partition coefficient (Wildman–Crippen LogP) is 4.02. The fraction of sp³-hybridized carbons (Fsp3) is 0.762. The Labute approximate surface area is 145 Å². The highest BCUT2D eigenvalue weighted by Gasteiger charge is 2.63. The zero-order valence-corrected chi connectivity index (χ0v) is 15.2. The monoisotopic (exact) mass is 330 g/mol. The second-order valence-corrected chi connectivity index (χ2v) is 9.27. The first-order chi connectivity index (χ1) is 11.3. The number of methoxy groups -OCH3 is 1. The van der Waals surface area contributed by atoms with Gasteiger partial charge in [0, 0.05) is 5.92 Å². The van der Waals surface area contributed by atoms with Gasteiger partial charge in [-0.15, -0.1) is 0 Å². The summed E-state index contributed by atoms with van der Waals surface area (Å²) in [5, 5.41) is 10.7.